The third-order valence-electron chi connectivity index (χ3n) is 5.69. The minimum absolute atomic E-state index is 0.0716. The molecule has 1 aromatic carbocycles. The van der Waals surface area contributed by atoms with E-state index in [1.54, 1.807) is 4.90 Å². The zero-order valence-corrected chi connectivity index (χ0v) is 16.0. The van der Waals surface area contributed by atoms with Crippen molar-refractivity contribution < 1.29 is 9.90 Å². The molecule has 2 amide bonds. The number of rotatable bonds is 5. The molecule has 6 heteroatoms. The second kappa shape index (κ2) is 8.37. The van der Waals surface area contributed by atoms with Crippen molar-refractivity contribution >= 4 is 6.03 Å². The number of nitrogens with zero attached hydrogens (tertiary/aromatic N) is 3. The van der Waals surface area contributed by atoms with E-state index < -0.39 is 5.60 Å². The first-order valence-corrected chi connectivity index (χ1v) is 9.75. The number of hydrogen-bond acceptors (Lipinski definition) is 4. The Kier molecular flexibility index (Phi) is 6.16. The number of amides is 2. The topological polar surface area (TPSA) is 59.0 Å². The Morgan fingerprint density at radius 2 is 1.85 bits per heavy atom. The summed E-state index contributed by atoms with van der Waals surface area (Å²) in [6.07, 6.45) is 0.585. The lowest BCUT2D eigenvalue weighted by Gasteiger charge is -2.37. The molecular weight excluding hydrogens is 328 g/mol. The number of hydrogen-bond donors (Lipinski definition) is 2. The fraction of sp³-hybridized carbons (Fsp3) is 0.650. The van der Waals surface area contributed by atoms with Gasteiger partial charge in [0.2, 0.25) is 0 Å². The zero-order chi connectivity index (χ0) is 18.6. The molecule has 3 rings (SSSR count). The van der Waals surface area contributed by atoms with Crippen LogP contribution in [0.1, 0.15) is 25.8 Å². The zero-order valence-electron chi connectivity index (χ0n) is 16.0. The van der Waals surface area contributed by atoms with Gasteiger partial charge in [0.15, 0.2) is 0 Å². The summed E-state index contributed by atoms with van der Waals surface area (Å²) >= 11 is 0. The lowest BCUT2D eigenvalue weighted by atomic mass is 9.93. The van der Waals surface area contributed by atoms with Gasteiger partial charge in [-0.05, 0) is 25.8 Å². The smallest absolute Gasteiger partial charge is 0.317 e. The molecule has 2 aliphatic heterocycles. The molecule has 0 saturated carbocycles. The Bertz CT molecular complexity index is 587. The van der Waals surface area contributed by atoms with E-state index in [4.69, 9.17) is 0 Å². The maximum atomic E-state index is 12.4. The van der Waals surface area contributed by atoms with Crippen LogP contribution in [-0.2, 0) is 5.60 Å². The van der Waals surface area contributed by atoms with Gasteiger partial charge in [0.1, 0.15) is 5.60 Å². The van der Waals surface area contributed by atoms with Crippen LogP contribution >= 0.6 is 0 Å². The van der Waals surface area contributed by atoms with Crippen molar-refractivity contribution in [2.45, 2.75) is 31.9 Å². The van der Waals surface area contributed by atoms with Crippen molar-refractivity contribution in [1.29, 1.82) is 0 Å². The fourth-order valence-electron chi connectivity index (χ4n) is 3.89. The molecule has 1 atom stereocenters. The average Bonchev–Trinajstić information content (AvgIpc) is 3.06. The third-order valence-corrected chi connectivity index (χ3v) is 5.69. The predicted octanol–water partition coefficient (Wildman–Crippen LogP) is 1.32. The van der Waals surface area contributed by atoms with Gasteiger partial charge in [-0.3, -0.25) is 9.80 Å². The molecule has 1 aromatic rings. The molecule has 0 aromatic heterocycles. The number of benzene rings is 1. The Hall–Kier alpha value is -1.63. The summed E-state index contributed by atoms with van der Waals surface area (Å²) in [7, 11) is 0. The molecular formula is C20H32N4O2. The van der Waals surface area contributed by atoms with Gasteiger partial charge in [-0.1, -0.05) is 30.3 Å². The maximum absolute atomic E-state index is 12.4. The van der Waals surface area contributed by atoms with Crippen LogP contribution in [0.4, 0.5) is 4.79 Å². The average molecular weight is 361 g/mol. The summed E-state index contributed by atoms with van der Waals surface area (Å²) in [5.41, 5.74) is -0.0375. The Morgan fingerprint density at radius 1 is 1.15 bits per heavy atom. The van der Waals surface area contributed by atoms with Gasteiger partial charge in [-0.2, -0.15) is 0 Å². The third kappa shape index (κ3) is 4.55. The summed E-state index contributed by atoms with van der Waals surface area (Å²) in [5.74, 6) is 0. The fourth-order valence-corrected chi connectivity index (χ4v) is 3.89. The molecule has 1 unspecified atom stereocenters. The van der Waals surface area contributed by atoms with E-state index in [0.717, 1.165) is 38.3 Å². The highest BCUT2D eigenvalue weighted by Gasteiger charge is 2.39. The lowest BCUT2D eigenvalue weighted by molar-refractivity contribution is 0.0493. The van der Waals surface area contributed by atoms with Crippen LogP contribution in [0.5, 0.6) is 0 Å². The highest BCUT2D eigenvalue weighted by Crippen LogP contribution is 2.31. The first kappa shape index (κ1) is 19.1. The van der Waals surface area contributed by atoms with Crippen LogP contribution < -0.4 is 5.32 Å². The van der Waals surface area contributed by atoms with Crippen molar-refractivity contribution in [3.8, 4) is 0 Å². The summed E-state index contributed by atoms with van der Waals surface area (Å²) < 4.78 is 0. The van der Waals surface area contributed by atoms with Gasteiger partial charge >= 0.3 is 6.03 Å². The number of β-amino-alcohol motifs (C(OH)–C–C–N with tert-alkyl or cyclic N) is 1. The lowest BCUT2D eigenvalue weighted by Crippen LogP contribution is -2.51. The highest BCUT2D eigenvalue weighted by atomic mass is 16.3. The molecule has 0 radical (unpaired) electrons. The number of piperazine rings is 1. The maximum Gasteiger partial charge on any atom is 0.317 e. The van der Waals surface area contributed by atoms with E-state index in [0.29, 0.717) is 32.1 Å². The predicted molar refractivity (Wildman–Crippen MR) is 103 cm³/mol. The number of carbonyl (C=O) groups excluding carboxylic acids is 1. The number of urea groups is 1. The standard InChI is InChI=1S/C20H32N4O2/c1-17(2)23-14-12-22(13-15-23)11-9-21-19(25)24-10-8-20(26,16-24)18-6-4-3-5-7-18/h3-7,17,26H,8-16H2,1-2H3,(H,21,25). The molecule has 0 aliphatic carbocycles. The van der Waals surface area contributed by atoms with Gasteiger partial charge in [-0.15, -0.1) is 0 Å². The van der Waals surface area contributed by atoms with Crippen LogP contribution in [0, 0.1) is 0 Å². The van der Waals surface area contributed by atoms with Gasteiger partial charge in [-0.25, -0.2) is 4.79 Å². The molecule has 0 bridgehead atoms. The van der Waals surface area contributed by atoms with E-state index in [2.05, 4.69) is 29.0 Å². The van der Waals surface area contributed by atoms with Gasteiger partial charge in [0, 0.05) is 51.9 Å². The summed E-state index contributed by atoms with van der Waals surface area (Å²) in [6.45, 7) is 11.3. The summed E-state index contributed by atoms with van der Waals surface area (Å²) in [4.78, 5) is 19.0. The van der Waals surface area contributed by atoms with Gasteiger partial charge < -0.3 is 15.3 Å². The monoisotopic (exact) mass is 360 g/mol. The largest absolute Gasteiger partial charge is 0.383 e. The number of likely N-dealkylation sites (tertiary alicyclic amines) is 1. The Morgan fingerprint density at radius 3 is 2.50 bits per heavy atom. The van der Waals surface area contributed by atoms with E-state index in [1.807, 2.05) is 30.3 Å². The van der Waals surface area contributed by atoms with Crippen molar-refractivity contribution in [2.24, 2.45) is 0 Å². The van der Waals surface area contributed by atoms with Gasteiger partial charge in [0.05, 0.1) is 6.54 Å². The van der Waals surface area contributed by atoms with Crippen molar-refractivity contribution in [3.05, 3.63) is 35.9 Å². The molecule has 2 heterocycles. The van der Waals surface area contributed by atoms with E-state index in [-0.39, 0.29) is 6.03 Å². The SMILES string of the molecule is CC(C)N1CCN(CCNC(=O)N2CCC(O)(c3ccccc3)C2)CC1. The molecule has 2 saturated heterocycles. The molecule has 2 fully saturated rings. The molecule has 6 nitrogen and oxygen atoms in total. The minimum atomic E-state index is -0.925. The number of carbonyl (C=O) groups is 1. The molecule has 0 spiro atoms. The first-order valence-electron chi connectivity index (χ1n) is 9.75. The summed E-state index contributed by atoms with van der Waals surface area (Å²) in [6, 6.07) is 10.2. The Labute approximate surface area is 156 Å². The van der Waals surface area contributed by atoms with Gasteiger partial charge in [0.25, 0.3) is 0 Å². The Balaban J connectivity index is 1.40. The van der Waals surface area contributed by atoms with Crippen LogP contribution in [0.25, 0.3) is 0 Å². The van der Waals surface area contributed by atoms with Crippen LogP contribution in [0.15, 0.2) is 30.3 Å². The minimum Gasteiger partial charge on any atom is -0.383 e. The van der Waals surface area contributed by atoms with Crippen molar-refractivity contribution in [1.82, 2.24) is 20.0 Å². The van der Waals surface area contributed by atoms with E-state index >= 15 is 0 Å². The van der Waals surface area contributed by atoms with Crippen LogP contribution in [0.2, 0.25) is 0 Å². The second-order valence-corrected chi connectivity index (χ2v) is 7.77. The number of nitrogens with one attached hydrogen (secondary N) is 1. The molecule has 144 valence electrons. The van der Waals surface area contributed by atoms with E-state index in [9.17, 15) is 9.90 Å². The van der Waals surface area contributed by atoms with Crippen molar-refractivity contribution in [3.63, 3.8) is 0 Å². The van der Waals surface area contributed by atoms with Crippen LogP contribution in [0.3, 0.4) is 0 Å². The molecule has 2 aliphatic rings. The van der Waals surface area contributed by atoms with Crippen molar-refractivity contribution in [2.75, 3.05) is 52.4 Å². The summed E-state index contributed by atoms with van der Waals surface area (Å²) in [5, 5.41) is 13.9. The highest BCUT2D eigenvalue weighted by molar-refractivity contribution is 5.74. The normalized spacial score (nSPS) is 25.0. The molecule has 2 N–H and O–H groups in total. The second-order valence-electron chi connectivity index (χ2n) is 7.77. The quantitative estimate of drug-likeness (QED) is 0.831. The molecule has 26 heavy (non-hydrogen) atoms. The van der Waals surface area contributed by atoms with E-state index in [1.165, 1.54) is 0 Å². The first-order chi connectivity index (χ1) is 12.5. The van der Waals surface area contributed by atoms with Crippen LogP contribution in [-0.4, -0.2) is 84.2 Å². The number of aliphatic hydroxyl groups is 1.